The molecular weight excluding hydrogens is 408 g/mol. The fraction of sp³-hybridized carbons (Fsp3) is 0.966. The summed E-state index contributed by atoms with van der Waals surface area (Å²) >= 11 is 0. The summed E-state index contributed by atoms with van der Waals surface area (Å²) in [6.45, 7) is 0. The molecule has 2 atom stereocenters. The van der Waals surface area contributed by atoms with Gasteiger partial charge in [0.1, 0.15) is 0 Å². The molecule has 4 nitrogen and oxygen atoms in total. The van der Waals surface area contributed by atoms with Crippen LogP contribution in [0.1, 0.15) is 141 Å². The highest BCUT2D eigenvalue weighted by atomic mass is 16.4. The number of carboxylic acid groups (broad SMARTS) is 1. The van der Waals surface area contributed by atoms with Crippen LogP contribution in [0.3, 0.4) is 0 Å². The highest BCUT2D eigenvalue weighted by molar-refractivity contribution is 5.66. The largest absolute Gasteiger partial charge is 0.481 e. The molecular formula is C29H58N2O2. The minimum atomic E-state index is -0.649. The van der Waals surface area contributed by atoms with Gasteiger partial charge in [-0.25, -0.2) is 0 Å². The van der Waals surface area contributed by atoms with Gasteiger partial charge in [-0.05, 0) is 66.7 Å². The van der Waals surface area contributed by atoms with Crippen molar-refractivity contribution in [2.75, 3.05) is 28.2 Å². The third-order valence-corrected chi connectivity index (χ3v) is 7.95. The van der Waals surface area contributed by atoms with Crippen LogP contribution in [-0.2, 0) is 4.79 Å². The number of unbranched alkanes of at least 4 members (excludes halogenated alkanes) is 14. The van der Waals surface area contributed by atoms with E-state index in [0.717, 1.165) is 18.9 Å². The van der Waals surface area contributed by atoms with Crippen molar-refractivity contribution in [3.63, 3.8) is 0 Å². The average Bonchev–Trinajstić information content (AvgIpc) is 2.92. The maximum atomic E-state index is 10.4. The summed E-state index contributed by atoms with van der Waals surface area (Å²) in [6, 6.07) is 0.910. The van der Waals surface area contributed by atoms with E-state index in [1.54, 1.807) is 0 Å². The summed E-state index contributed by atoms with van der Waals surface area (Å²) in [5.41, 5.74) is 0.599. The van der Waals surface area contributed by atoms with Crippen molar-refractivity contribution in [3.05, 3.63) is 0 Å². The van der Waals surface area contributed by atoms with E-state index in [4.69, 9.17) is 5.11 Å². The van der Waals surface area contributed by atoms with Crippen LogP contribution in [0.2, 0.25) is 0 Å². The van der Waals surface area contributed by atoms with E-state index in [9.17, 15) is 4.79 Å². The third kappa shape index (κ3) is 14.4. The summed E-state index contributed by atoms with van der Waals surface area (Å²) in [5.74, 6) is -0.649. The molecule has 33 heavy (non-hydrogen) atoms. The molecule has 2 fully saturated rings. The Morgan fingerprint density at radius 1 is 0.758 bits per heavy atom. The maximum Gasteiger partial charge on any atom is 0.303 e. The lowest BCUT2D eigenvalue weighted by Gasteiger charge is -2.43. The summed E-state index contributed by atoms with van der Waals surface area (Å²) in [4.78, 5) is 15.2. The maximum absolute atomic E-state index is 10.4. The number of hydrogen-bond donors (Lipinski definition) is 1. The quantitative estimate of drug-likeness (QED) is 0.208. The van der Waals surface area contributed by atoms with E-state index >= 15 is 0 Å². The Balaban J connectivity index is 0.00000125. The molecule has 1 N–H and O–H groups in total. The van der Waals surface area contributed by atoms with Crippen LogP contribution in [0.5, 0.6) is 0 Å². The molecule has 0 aliphatic carbocycles. The molecule has 0 radical (unpaired) electrons. The SMILES string of the molecule is CN(C)C.CN1[C@@H]2CCC[C@@]1(CCCCCCCCCCCCCCCCCC(=O)O)CC2. The molecule has 2 heterocycles. The van der Waals surface area contributed by atoms with Gasteiger partial charge in [0.15, 0.2) is 0 Å². The van der Waals surface area contributed by atoms with Crippen molar-refractivity contribution in [3.8, 4) is 0 Å². The Morgan fingerprint density at radius 2 is 1.18 bits per heavy atom. The van der Waals surface area contributed by atoms with Gasteiger partial charge < -0.3 is 10.0 Å². The second-order valence-corrected chi connectivity index (χ2v) is 11.5. The van der Waals surface area contributed by atoms with Crippen molar-refractivity contribution in [2.24, 2.45) is 0 Å². The molecule has 0 aromatic carbocycles. The average molecular weight is 467 g/mol. The highest BCUT2D eigenvalue weighted by Crippen LogP contribution is 2.45. The monoisotopic (exact) mass is 466 g/mol. The first-order chi connectivity index (χ1) is 15.9. The first-order valence-corrected chi connectivity index (χ1v) is 14.4. The molecule has 2 aliphatic rings. The standard InChI is InChI=1S/C26H49NO2.C3H9N/c1-27-24-18-17-22-26(27,23-20-24)21-16-14-12-10-8-6-4-2-3-5-7-9-11-13-15-19-25(28)29;1-4(2)3/h24H,2-23H2,1H3,(H,28,29);1-3H3/t24-,26+;/m1./s1. The van der Waals surface area contributed by atoms with Gasteiger partial charge in [-0.15, -0.1) is 0 Å². The first kappa shape index (κ1) is 30.4. The van der Waals surface area contributed by atoms with Crippen LogP contribution in [-0.4, -0.2) is 60.6 Å². The highest BCUT2D eigenvalue weighted by Gasteiger charge is 2.45. The van der Waals surface area contributed by atoms with Gasteiger partial charge >= 0.3 is 5.97 Å². The summed E-state index contributed by atoms with van der Waals surface area (Å²) in [7, 11) is 8.40. The molecule has 2 aliphatic heterocycles. The van der Waals surface area contributed by atoms with Crippen molar-refractivity contribution < 1.29 is 9.90 Å². The Kier molecular flexibility index (Phi) is 17.2. The molecule has 2 saturated heterocycles. The van der Waals surface area contributed by atoms with Gasteiger partial charge in [-0.2, -0.15) is 0 Å². The molecule has 0 spiro atoms. The molecule has 0 aromatic heterocycles. The molecule has 0 aromatic rings. The van der Waals surface area contributed by atoms with Gasteiger partial charge in [0, 0.05) is 18.0 Å². The zero-order chi connectivity index (χ0) is 24.4. The smallest absolute Gasteiger partial charge is 0.303 e. The van der Waals surface area contributed by atoms with Crippen molar-refractivity contribution in [1.29, 1.82) is 0 Å². The van der Waals surface area contributed by atoms with Crippen molar-refractivity contribution in [1.82, 2.24) is 9.80 Å². The molecule has 2 bridgehead atoms. The number of aliphatic carboxylic acids is 1. The van der Waals surface area contributed by atoms with Crippen LogP contribution in [0, 0.1) is 0 Å². The minimum absolute atomic E-state index is 0.346. The van der Waals surface area contributed by atoms with Crippen LogP contribution in [0.4, 0.5) is 0 Å². The molecule has 0 saturated carbocycles. The van der Waals surface area contributed by atoms with Crippen LogP contribution < -0.4 is 0 Å². The number of carboxylic acids is 1. The van der Waals surface area contributed by atoms with E-state index in [1.807, 2.05) is 26.0 Å². The molecule has 2 rings (SSSR count). The Bertz CT molecular complexity index is 475. The lowest BCUT2D eigenvalue weighted by molar-refractivity contribution is -0.137. The van der Waals surface area contributed by atoms with E-state index in [2.05, 4.69) is 11.9 Å². The van der Waals surface area contributed by atoms with Crippen LogP contribution in [0.15, 0.2) is 0 Å². The van der Waals surface area contributed by atoms with Crippen molar-refractivity contribution >= 4 is 5.97 Å². The number of fused-ring (bicyclic) bond motifs is 2. The lowest BCUT2D eigenvalue weighted by atomic mass is 9.83. The summed E-state index contributed by atoms with van der Waals surface area (Å²) < 4.78 is 0. The second kappa shape index (κ2) is 18.7. The fourth-order valence-corrected chi connectivity index (χ4v) is 5.95. The molecule has 4 heteroatoms. The number of carbonyl (C=O) groups is 1. The number of hydrogen-bond acceptors (Lipinski definition) is 3. The zero-order valence-corrected chi connectivity index (χ0v) is 22.9. The summed E-state index contributed by atoms with van der Waals surface area (Å²) in [6.07, 6.45) is 29.2. The Morgan fingerprint density at radius 3 is 1.64 bits per heavy atom. The van der Waals surface area contributed by atoms with Crippen LogP contribution >= 0.6 is 0 Å². The third-order valence-electron chi connectivity index (χ3n) is 7.95. The van der Waals surface area contributed by atoms with Gasteiger partial charge in [0.2, 0.25) is 0 Å². The predicted molar refractivity (Wildman–Crippen MR) is 143 cm³/mol. The minimum Gasteiger partial charge on any atom is -0.481 e. The molecule has 0 amide bonds. The van der Waals surface area contributed by atoms with Crippen LogP contribution in [0.25, 0.3) is 0 Å². The zero-order valence-electron chi connectivity index (χ0n) is 22.9. The van der Waals surface area contributed by atoms with Gasteiger partial charge in [0.25, 0.3) is 0 Å². The van der Waals surface area contributed by atoms with Gasteiger partial charge in [-0.3, -0.25) is 9.69 Å². The summed E-state index contributed by atoms with van der Waals surface area (Å²) in [5, 5.41) is 8.61. The van der Waals surface area contributed by atoms with E-state index < -0.39 is 5.97 Å². The number of nitrogens with zero attached hydrogens (tertiary/aromatic N) is 2. The molecule has 0 unspecified atom stereocenters. The number of piperidine rings is 1. The van der Waals surface area contributed by atoms with Gasteiger partial charge in [0.05, 0.1) is 0 Å². The van der Waals surface area contributed by atoms with Gasteiger partial charge in [-0.1, -0.05) is 96.3 Å². The Labute approximate surface area is 206 Å². The van der Waals surface area contributed by atoms with E-state index in [-0.39, 0.29) is 0 Å². The fourth-order valence-electron chi connectivity index (χ4n) is 5.95. The topological polar surface area (TPSA) is 43.8 Å². The lowest BCUT2D eigenvalue weighted by Crippen LogP contribution is -2.47. The molecule has 196 valence electrons. The first-order valence-electron chi connectivity index (χ1n) is 14.4. The predicted octanol–water partition coefficient (Wildman–Crippen LogP) is 7.90. The van der Waals surface area contributed by atoms with E-state index in [1.165, 1.54) is 122 Å². The number of rotatable bonds is 18. The van der Waals surface area contributed by atoms with Crippen molar-refractivity contribution in [2.45, 2.75) is 153 Å². The van der Waals surface area contributed by atoms with E-state index in [0.29, 0.717) is 12.0 Å². The Hall–Kier alpha value is -0.610. The second-order valence-electron chi connectivity index (χ2n) is 11.5. The normalized spacial score (nSPS) is 22.4.